The fraction of sp³-hybridized carbons (Fsp3) is 0.562. The standard InChI is InChI=1S/C16H26N2O2/c1-13(2)17-10-11-18(14(3)4)16(19)20-12-15-8-6-5-7-9-15/h5-9,13-14,17H,10-12H2,1-4H3. The smallest absolute Gasteiger partial charge is 0.410 e. The summed E-state index contributed by atoms with van der Waals surface area (Å²) in [5.74, 6) is 0. The third-order valence-electron chi connectivity index (χ3n) is 2.97. The van der Waals surface area contributed by atoms with Crippen molar-refractivity contribution in [2.24, 2.45) is 0 Å². The number of nitrogens with one attached hydrogen (secondary N) is 1. The maximum absolute atomic E-state index is 12.1. The van der Waals surface area contributed by atoms with E-state index >= 15 is 0 Å². The van der Waals surface area contributed by atoms with Crippen molar-refractivity contribution in [3.05, 3.63) is 35.9 Å². The third-order valence-corrected chi connectivity index (χ3v) is 2.97. The number of benzene rings is 1. The van der Waals surface area contributed by atoms with E-state index in [2.05, 4.69) is 19.2 Å². The molecule has 1 aromatic rings. The van der Waals surface area contributed by atoms with Crippen LogP contribution in [0.25, 0.3) is 0 Å². The number of nitrogens with zero attached hydrogens (tertiary/aromatic N) is 1. The van der Waals surface area contributed by atoms with E-state index in [1.54, 1.807) is 4.90 Å². The summed E-state index contributed by atoms with van der Waals surface area (Å²) >= 11 is 0. The van der Waals surface area contributed by atoms with Crippen LogP contribution in [0.4, 0.5) is 4.79 Å². The normalized spacial score (nSPS) is 10.9. The second-order valence-electron chi connectivity index (χ2n) is 5.44. The molecule has 0 unspecified atom stereocenters. The monoisotopic (exact) mass is 278 g/mol. The van der Waals surface area contributed by atoms with Crippen LogP contribution in [0.15, 0.2) is 30.3 Å². The van der Waals surface area contributed by atoms with Crippen LogP contribution in [0.1, 0.15) is 33.3 Å². The Morgan fingerprint density at radius 2 is 1.85 bits per heavy atom. The Bertz CT molecular complexity index is 391. The topological polar surface area (TPSA) is 41.6 Å². The molecule has 4 nitrogen and oxygen atoms in total. The van der Waals surface area contributed by atoms with Crippen LogP contribution >= 0.6 is 0 Å². The predicted octanol–water partition coefficient (Wildman–Crippen LogP) is 3.03. The molecule has 1 amide bonds. The van der Waals surface area contributed by atoms with Gasteiger partial charge in [-0.25, -0.2) is 4.79 Å². The van der Waals surface area contributed by atoms with Crippen LogP contribution in [0.3, 0.4) is 0 Å². The van der Waals surface area contributed by atoms with E-state index in [0.29, 0.717) is 19.2 Å². The van der Waals surface area contributed by atoms with Gasteiger partial charge in [0.15, 0.2) is 0 Å². The highest BCUT2D eigenvalue weighted by Crippen LogP contribution is 2.06. The van der Waals surface area contributed by atoms with E-state index in [9.17, 15) is 4.79 Å². The molecule has 0 aliphatic carbocycles. The van der Waals surface area contributed by atoms with Crippen molar-refractivity contribution in [2.45, 2.75) is 46.4 Å². The lowest BCUT2D eigenvalue weighted by Crippen LogP contribution is -2.42. The molecule has 0 saturated heterocycles. The van der Waals surface area contributed by atoms with Crippen LogP contribution < -0.4 is 5.32 Å². The Morgan fingerprint density at radius 1 is 1.20 bits per heavy atom. The van der Waals surface area contributed by atoms with Gasteiger partial charge in [-0.2, -0.15) is 0 Å². The van der Waals surface area contributed by atoms with E-state index in [0.717, 1.165) is 12.1 Å². The summed E-state index contributed by atoms with van der Waals surface area (Å²) in [5, 5.41) is 3.31. The summed E-state index contributed by atoms with van der Waals surface area (Å²) in [6.45, 7) is 9.93. The molecule has 1 aromatic carbocycles. The van der Waals surface area contributed by atoms with Gasteiger partial charge in [-0.15, -0.1) is 0 Å². The van der Waals surface area contributed by atoms with Gasteiger partial charge in [-0.3, -0.25) is 0 Å². The first-order chi connectivity index (χ1) is 9.50. The predicted molar refractivity (Wildman–Crippen MR) is 81.6 cm³/mol. The number of carbonyl (C=O) groups excluding carboxylic acids is 1. The summed E-state index contributed by atoms with van der Waals surface area (Å²) in [5.41, 5.74) is 1.00. The maximum Gasteiger partial charge on any atom is 0.410 e. The molecule has 1 rings (SSSR count). The number of carbonyl (C=O) groups is 1. The Kier molecular flexibility index (Phi) is 7.09. The van der Waals surface area contributed by atoms with Gasteiger partial charge in [0.1, 0.15) is 6.61 Å². The van der Waals surface area contributed by atoms with Crippen molar-refractivity contribution in [3.63, 3.8) is 0 Å². The molecule has 0 aliphatic rings. The van der Waals surface area contributed by atoms with Crippen LogP contribution in [0, 0.1) is 0 Å². The van der Waals surface area contributed by atoms with Gasteiger partial charge in [0, 0.05) is 25.2 Å². The molecule has 0 aliphatic heterocycles. The molecular formula is C16H26N2O2. The zero-order valence-electron chi connectivity index (χ0n) is 12.9. The van der Waals surface area contributed by atoms with E-state index in [1.165, 1.54) is 0 Å². The molecule has 0 saturated carbocycles. The van der Waals surface area contributed by atoms with Gasteiger partial charge in [0.2, 0.25) is 0 Å². The van der Waals surface area contributed by atoms with Gasteiger partial charge < -0.3 is 15.0 Å². The fourth-order valence-corrected chi connectivity index (χ4v) is 1.84. The number of hydrogen-bond donors (Lipinski definition) is 1. The molecule has 112 valence electrons. The van der Waals surface area contributed by atoms with Crippen molar-refractivity contribution in [2.75, 3.05) is 13.1 Å². The van der Waals surface area contributed by atoms with Gasteiger partial charge in [-0.1, -0.05) is 44.2 Å². The lowest BCUT2D eigenvalue weighted by molar-refractivity contribution is 0.0859. The van der Waals surface area contributed by atoms with Crippen molar-refractivity contribution >= 4 is 6.09 Å². The number of hydrogen-bond acceptors (Lipinski definition) is 3. The SMILES string of the molecule is CC(C)NCCN(C(=O)OCc1ccccc1)C(C)C. The average molecular weight is 278 g/mol. The van der Waals surface area contributed by atoms with E-state index < -0.39 is 0 Å². The second kappa shape index (κ2) is 8.59. The van der Waals surface area contributed by atoms with Crippen molar-refractivity contribution in [1.82, 2.24) is 10.2 Å². The summed E-state index contributed by atoms with van der Waals surface area (Å²) in [7, 11) is 0. The van der Waals surface area contributed by atoms with Gasteiger partial charge in [0.05, 0.1) is 0 Å². The molecule has 0 bridgehead atoms. The first kappa shape index (κ1) is 16.5. The number of amides is 1. The molecule has 0 aromatic heterocycles. The highest BCUT2D eigenvalue weighted by Gasteiger charge is 2.18. The summed E-state index contributed by atoms with van der Waals surface area (Å²) in [6.07, 6.45) is -0.255. The van der Waals surface area contributed by atoms with E-state index in [-0.39, 0.29) is 12.1 Å². The minimum Gasteiger partial charge on any atom is -0.445 e. The average Bonchev–Trinajstić information content (AvgIpc) is 2.41. The molecule has 0 radical (unpaired) electrons. The summed E-state index contributed by atoms with van der Waals surface area (Å²) in [6, 6.07) is 10.3. The molecule has 20 heavy (non-hydrogen) atoms. The Morgan fingerprint density at radius 3 is 2.40 bits per heavy atom. The first-order valence-corrected chi connectivity index (χ1v) is 7.21. The maximum atomic E-state index is 12.1. The van der Waals surface area contributed by atoms with Crippen LogP contribution in [-0.4, -0.2) is 36.2 Å². The van der Waals surface area contributed by atoms with Gasteiger partial charge >= 0.3 is 6.09 Å². The van der Waals surface area contributed by atoms with Crippen LogP contribution in [-0.2, 0) is 11.3 Å². The molecule has 0 spiro atoms. The van der Waals surface area contributed by atoms with E-state index in [4.69, 9.17) is 4.74 Å². The zero-order valence-corrected chi connectivity index (χ0v) is 12.9. The van der Waals surface area contributed by atoms with Crippen LogP contribution in [0.2, 0.25) is 0 Å². The zero-order chi connectivity index (χ0) is 15.0. The molecule has 0 heterocycles. The second-order valence-corrected chi connectivity index (χ2v) is 5.44. The fourth-order valence-electron chi connectivity index (χ4n) is 1.84. The third kappa shape index (κ3) is 6.06. The van der Waals surface area contributed by atoms with Crippen molar-refractivity contribution in [1.29, 1.82) is 0 Å². The number of rotatable bonds is 7. The first-order valence-electron chi connectivity index (χ1n) is 7.21. The van der Waals surface area contributed by atoms with Crippen molar-refractivity contribution < 1.29 is 9.53 Å². The molecule has 0 atom stereocenters. The van der Waals surface area contributed by atoms with Gasteiger partial charge in [0.25, 0.3) is 0 Å². The Hall–Kier alpha value is -1.55. The lowest BCUT2D eigenvalue weighted by atomic mass is 10.2. The molecule has 0 fully saturated rings. The Labute approximate surface area is 122 Å². The lowest BCUT2D eigenvalue weighted by Gasteiger charge is -2.26. The highest BCUT2D eigenvalue weighted by molar-refractivity contribution is 5.68. The largest absolute Gasteiger partial charge is 0.445 e. The Balaban J connectivity index is 2.43. The summed E-state index contributed by atoms with van der Waals surface area (Å²) in [4.78, 5) is 13.9. The van der Waals surface area contributed by atoms with Gasteiger partial charge in [-0.05, 0) is 19.4 Å². The van der Waals surface area contributed by atoms with Crippen molar-refractivity contribution in [3.8, 4) is 0 Å². The van der Waals surface area contributed by atoms with Crippen LogP contribution in [0.5, 0.6) is 0 Å². The minimum absolute atomic E-state index is 0.132. The van der Waals surface area contributed by atoms with E-state index in [1.807, 2.05) is 44.2 Å². The molecule has 4 heteroatoms. The molecular weight excluding hydrogens is 252 g/mol. The quantitative estimate of drug-likeness (QED) is 0.833. The number of ether oxygens (including phenoxy) is 1. The molecule has 1 N–H and O–H groups in total. The minimum atomic E-state index is -0.255. The summed E-state index contributed by atoms with van der Waals surface area (Å²) < 4.78 is 5.37. The highest BCUT2D eigenvalue weighted by atomic mass is 16.6.